The lowest BCUT2D eigenvalue weighted by atomic mass is 9.98. The van der Waals surface area contributed by atoms with Gasteiger partial charge in [-0.15, -0.1) is 0 Å². The minimum Gasteiger partial charge on any atom is -0.488 e. The molecule has 2 atom stereocenters. The van der Waals surface area contributed by atoms with Gasteiger partial charge in [0, 0.05) is 12.3 Å². The zero-order valence-corrected chi connectivity index (χ0v) is 26.2. The van der Waals surface area contributed by atoms with Crippen LogP contribution in [0, 0.1) is 0 Å². The van der Waals surface area contributed by atoms with Gasteiger partial charge in [0.15, 0.2) is 6.04 Å². The van der Waals surface area contributed by atoms with Crippen molar-refractivity contribution in [2.24, 2.45) is 0 Å². The van der Waals surface area contributed by atoms with Crippen LogP contribution in [-0.4, -0.2) is 59.6 Å². The number of benzene rings is 3. The van der Waals surface area contributed by atoms with Crippen molar-refractivity contribution in [3.8, 4) is 16.9 Å². The Morgan fingerprint density at radius 2 is 1.34 bits per heavy atom. The van der Waals surface area contributed by atoms with Gasteiger partial charge in [0.1, 0.15) is 24.0 Å². The SMILES string of the molecule is CC(C)(C)OC[C@H](NC(=O)[C@H](Cc1ccc(OC(C)(C)C)cc1)NC(=O)OCC1c2ccccc2-c2ccccc21)C(=O)O. The monoisotopic (exact) mass is 602 g/mol. The van der Waals surface area contributed by atoms with Crippen LogP contribution in [-0.2, 0) is 25.5 Å². The van der Waals surface area contributed by atoms with Crippen molar-refractivity contribution in [2.45, 2.75) is 77.2 Å². The number of nitrogens with one attached hydrogen (secondary N) is 2. The highest BCUT2D eigenvalue weighted by atomic mass is 16.5. The molecule has 0 radical (unpaired) electrons. The summed E-state index contributed by atoms with van der Waals surface area (Å²) < 4.78 is 17.2. The number of carbonyl (C=O) groups is 3. The second-order valence-corrected chi connectivity index (χ2v) is 12.9. The maximum absolute atomic E-state index is 13.4. The number of alkyl carbamates (subject to hydrolysis) is 1. The molecule has 4 rings (SSSR count). The molecule has 2 amide bonds. The van der Waals surface area contributed by atoms with Crippen molar-refractivity contribution in [3.63, 3.8) is 0 Å². The van der Waals surface area contributed by atoms with Gasteiger partial charge in [0.2, 0.25) is 5.91 Å². The second kappa shape index (κ2) is 13.5. The van der Waals surface area contributed by atoms with E-state index in [1.165, 1.54) is 0 Å². The maximum Gasteiger partial charge on any atom is 0.407 e. The molecule has 44 heavy (non-hydrogen) atoms. The minimum atomic E-state index is -1.31. The maximum atomic E-state index is 13.4. The van der Waals surface area contributed by atoms with Crippen molar-refractivity contribution in [1.29, 1.82) is 0 Å². The predicted molar refractivity (Wildman–Crippen MR) is 168 cm³/mol. The summed E-state index contributed by atoms with van der Waals surface area (Å²) in [7, 11) is 0. The van der Waals surface area contributed by atoms with Gasteiger partial charge in [-0.1, -0.05) is 60.7 Å². The molecule has 3 aromatic rings. The number of carbonyl (C=O) groups excluding carboxylic acids is 2. The van der Waals surface area contributed by atoms with E-state index in [1.807, 2.05) is 57.2 Å². The zero-order chi connectivity index (χ0) is 32.1. The molecule has 0 saturated heterocycles. The fraction of sp³-hybridized carbons (Fsp3) is 0.400. The van der Waals surface area contributed by atoms with E-state index < -0.39 is 35.7 Å². The molecule has 0 aromatic heterocycles. The molecule has 0 saturated carbocycles. The Bertz CT molecular complexity index is 1430. The highest BCUT2D eigenvalue weighted by molar-refractivity contribution is 5.89. The quantitative estimate of drug-likeness (QED) is 0.257. The molecular formula is C35H42N2O7. The third-order valence-electron chi connectivity index (χ3n) is 7.04. The molecule has 0 spiro atoms. The number of ether oxygens (including phenoxy) is 3. The Morgan fingerprint density at radius 1 is 0.773 bits per heavy atom. The molecule has 234 valence electrons. The Balaban J connectivity index is 1.48. The van der Waals surface area contributed by atoms with Crippen LogP contribution >= 0.6 is 0 Å². The average Bonchev–Trinajstić information content (AvgIpc) is 3.27. The first-order valence-corrected chi connectivity index (χ1v) is 14.8. The van der Waals surface area contributed by atoms with Crippen molar-refractivity contribution < 1.29 is 33.7 Å². The van der Waals surface area contributed by atoms with Crippen LogP contribution in [0.1, 0.15) is 64.2 Å². The molecular weight excluding hydrogens is 560 g/mol. The summed E-state index contributed by atoms with van der Waals surface area (Å²) in [4.78, 5) is 38.5. The predicted octanol–water partition coefficient (Wildman–Crippen LogP) is 5.70. The summed E-state index contributed by atoms with van der Waals surface area (Å²) in [5.74, 6) is -1.40. The van der Waals surface area contributed by atoms with E-state index in [0.717, 1.165) is 27.8 Å². The Labute approximate surface area is 258 Å². The van der Waals surface area contributed by atoms with Gasteiger partial charge in [-0.2, -0.15) is 0 Å². The summed E-state index contributed by atoms with van der Waals surface area (Å²) in [6.07, 6.45) is -0.685. The first-order chi connectivity index (χ1) is 20.7. The lowest BCUT2D eigenvalue weighted by Crippen LogP contribution is -2.54. The van der Waals surface area contributed by atoms with E-state index in [1.54, 1.807) is 45.0 Å². The normalized spacial score (nSPS) is 14.1. The van der Waals surface area contributed by atoms with Gasteiger partial charge >= 0.3 is 12.1 Å². The van der Waals surface area contributed by atoms with Crippen molar-refractivity contribution >= 4 is 18.0 Å². The van der Waals surface area contributed by atoms with Crippen LogP contribution in [0.3, 0.4) is 0 Å². The van der Waals surface area contributed by atoms with E-state index >= 15 is 0 Å². The molecule has 3 N–H and O–H groups in total. The second-order valence-electron chi connectivity index (χ2n) is 12.9. The van der Waals surface area contributed by atoms with E-state index in [9.17, 15) is 19.5 Å². The van der Waals surface area contributed by atoms with Gasteiger partial charge < -0.3 is 30.0 Å². The van der Waals surface area contributed by atoms with Crippen LogP contribution in [0.25, 0.3) is 11.1 Å². The number of carboxylic acid groups (broad SMARTS) is 1. The molecule has 0 fully saturated rings. The van der Waals surface area contributed by atoms with Crippen molar-refractivity contribution in [3.05, 3.63) is 89.5 Å². The number of carboxylic acids is 1. The van der Waals surface area contributed by atoms with Crippen molar-refractivity contribution in [2.75, 3.05) is 13.2 Å². The number of fused-ring (bicyclic) bond motifs is 3. The summed E-state index contributed by atoms with van der Waals surface area (Å²) in [6, 6.07) is 20.8. The average molecular weight is 603 g/mol. The Hall–Kier alpha value is -4.37. The van der Waals surface area contributed by atoms with Crippen LogP contribution in [0.5, 0.6) is 5.75 Å². The first kappa shape index (κ1) is 32.5. The number of hydrogen-bond acceptors (Lipinski definition) is 6. The lowest BCUT2D eigenvalue weighted by molar-refractivity contribution is -0.145. The van der Waals surface area contributed by atoms with Gasteiger partial charge in [-0.25, -0.2) is 9.59 Å². The summed E-state index contributed by atoms with van der Waals surface area (Å²) in [5, 5.41) is 14.9. The van der Waals surface area contributed by atoms with Gasteiger partial charge in [0.05, 0.1) is 12.2 Å². The topological polar surface area (TPSA) is 123 Å². The molecule has 9 heteroatoms. The van der Waals surface area contributed by atoms with E-state index in [0.29, 0.717) is 5.75 Å². The first-order valence-electron chi connectivity index (χ1n) is 14.8. The molecule has 0 bridgehead atoms. The molecule has 9 nitrogen and oxygen atoms in total. The standard InChI is InChI=1S/C35H42N2O7/c1-34(2,3)43-21-30(32(39)40)36-31(38)29(19-22-15-17-23(18-16-22)44-35(4,5)6)37-33(41)42-20-28-26-13-9-7-11-24(26)25-12-8-10-14-27(25)28/h7-18,28-30H,19-21H2,1-6H3,(H,36,38)(H,37,41)(H,39,40)/t29-,30-/m0/s1. The van der Waals surface area contributed by atoms with Gasteiger partial charge in [-0.3, -0.25) is 4.79 Å². The van der Waals surface area contributed by atoms with Crippen molar-refractivity contribution in [1.82, 2.24) is 10.6 Å². The summed E-state index contributed by atoms with van der Waals surface area (Å²) in [5.41, 5.74) is 4.09. The summed E-state index contributed by atoms with van der Waals surface area (Å²) >= 11 is 0. The van der Waals surface area contributed by atoms with Crippen LogP contribution < -0.4 is 15.4 Å². The molecule has 0 unspecified atom stereocenters. The van der Waals surface area contributed by atoms with Crippen LogP contribution in [0.2, 0.25) is 0 Å². The summed E-state index contributed by atoms with van der Waals surface area (Å²) in [6.45, 7) is 11.1. The third kappa shape index (κ3) is 8.83. The Kier molecular flexibility index (Phi) is 9.99. The van der Waals surface area contributed by atoms with Crippen LogP contribution in [0.15, 0.2) is 72.8 Å². The fourth-order valence-electron chi connectivity index (χ4n) is 5.05. The number of rotatable bonds is 11. The highest BCUT2D eigenvalue weighted by Gasteiger charge is 2.31. The van der Waals surface area contributed by atoms with Gasteiger partial charge in [-0.05, 0) is 81.5 Å². The molecule has 0 heterocycles. The lowest BCUT2D eigenvalue weighted by Gasteiger charge is -2.25. The van der Waals surface area contributed by atoms with Crippen LogP contribution in [0.4, 0.5) is 4.79 Å². The number of aliphatic carboxylic acids is 1. The largest absolute Gasteiger partial charge is 0.488 e. The molecule has 3 aromatic carbocycles. The Morgan fingerprint density at radius 3 is 1.86 bits per heavy atom. The highest BCUT2D eigenvalue weighted by Crippen LogP contribution is 2.44. The zero-order valence-electron chi connectivity index (χ0n) is 26.2. The number of hydrogen-bond donors (Lipinski definition) is 3. The molecule has 1 aliphatic carbocycles. The van der Waals surface area contributed by atoms with E-state index in [-0.39, 0.29) is 31.2 Å². The van der Waals surface area contributed by atoms with Gasteiger partial charge in [0.25, 0.3) is 0 Å². The molecule has 0 aliphatic heterocycles. The third-order valence-corrected chi connectivity index (χ3v) is 7.04. The van der Waals surface area contributed by atoms with E-state index in [2.05, 4.69) is 22.8 Å². The van der Waals surface area contributed by atoms with E-state index in [4.69, 9.17) is 14.2 Å². The number of amides is 2. The fourth-order valence-corrected chi connectivity index (χ4v) is 5.05. The minimum absolute atomic E-state index is 0.0736. The molecule has 1 aliphatic rings. The smallest absolute Gasteiger partial charge is 0.407 e.